The number of benzene rings is 2. The average Bonchev–Trinajstić information content (AvgIpc) is 2.85. The van der Waals surface area contributed by atoms with E-state index in [-0.39, 0.29) is 0 Å². The van der Waals surface area contributed by atoms with Gasteiger partial charge in [0, 0.05) is 21.0 Å². The van der Waals surface area contributed by atoms with Gasteiger partial charge >= 0.3 is 0 Å². The van der Waals surface area contributed by atoms with Gasteiger partial charge in [0.05, 0.1) is 0 Å². The Kier molecular flexibility index (Phi) is 3.91. The van der Waals surface area contributed by atoms with Crippen molar-refractivity contribution in [3.05, 3.63) is 69.4 Å². The van der Waals surface area contributed by atoms with Crippen molar-refractivity contribution >= 4 is 34.2 Å². The van der Waals surface area contributed by atoms with E-state index >= 15 is 0 Å². The summed E-state index contributed by atoms with van der Waals surface area (Å²) in [5.74, 6) is 6.37. The van der Waals surface area contributed by atoms with Crippen LogP contribution >= 0.6 is 23.2 Å². The number of aryl methyl sites for hydroxylation is 1. The van der Waals surface area contributed by atoms with Gasteiger partial charge in [-0.3, -0.25) is 5.84 Å². The fourth-order valence-corrected chi connectivity index (χ4v) is 3.04. The molecule has 1 aromatic heterocycles. The lowest BCUT2D eigenvalue weighted by molar-refractivity contribution is 0.477. The maximum absolute atomic E-state index is 6.26. The zero-order valence-electron chi connectivity index (χ0n) is 11.4. The third-order valence-corrected chi connectivity index (χ3v) is 4.09. The van der Waals surface area contributed by atoms with Crippen LogP contribution < -0.4 is 11.3 Å². The summed E-state index contributed by atoms with van der Waals surface area (Å²) in [6.45, 7) is 2.04. The van der Waals surface area contributed by atoms with E-state index in [9.17, 15) is 0 Å². The molecule has 0 aliphatic rings. The summed E-state index contributed by atoms with van der Waals surface area (Å²) in [4.78, 5) is 0. The molecule has 1 atom stereocenters. The van der Waals surface area contributed by atoms with Crippen LogP contribution in [0.15, 0.2) is 46.9 Å². The largest absolute Gasteiger partial charge is 0.459 e. The highest BCUT2D eigenvalue weighted by molar-refractivity contribution is 6.36. The van der Waals surface area contributed by atoms with Crippen LogP contribution in [-0.4, -0.2) is 0 Å². The normalized spacial score (nSPS) is 12.8. The molecule has 0 amide bonds. The molecular formula is C16H14Cl2N2O. The van der Waals surface area contributed by atoms with Crippen molar-refractivity contribution in [1.82, 2.24) is 5.43 Å². The van der Waals surface area contributed by atoms with Crippen molar-refractivity contribution in [1.29, 1.82) is 0 Å². The molecule has 108 valence electrons. The van der Waals surface area contributed by atoms with Crippen LogP contribution in [-0.2, 0) is 0 Å². The van der Waals surface area contributed by atoms with Crippen LogP contribution in [0.1, 0.15) is 22.9 Å². The number of hydrogen-bond acceptors (Lipinski definition) is 3. The highest BCUT2D eigenvalue weighted by Gasteiger charge is 2.22. The zero-order valence-corrected chi connectivity index (χ0v) is 12.9. The molecule has 0 aliphatic carbocycles. The second-order valence-electron chi connectivity index (χ2n) is 4.93. The topological polar surface area (TPSA) is 51.2 Å². The van der Waals surface area contributed by atoms with Gasteiger partial charge in [-0.25, -0.2) is 5.43 Å². The van der Waals surface area contributed by atoms with Crippen molar-refractivity contribution < 1.29 is 4.42 Å². The molecule has 0 radical (unpaired) electrons. The number of nitrogens with one attached hydrogen (secondary N) is 1. The van der Waals surface area contributed by atoms with Gasteiger partial charge in [0.15, 0.2) is 0 Å². The molecule has 0 fully saturated rings. The quantitative estimate of drug-likeness (QED) is 0.547. The molecule has 3 rings (SSSR count). The number of hydrogen-bond donors (Lipinski definition) is 2. The number of furan rings is 1. The lowest BCUT2D eigenvalue weighted by Gasteiger charge is -2.16. The van der Waals surface area contributed by atoms with E-state index in [0.717, 1.165) is 11.0 Å². The Morgan fingerprint density at radius 1 is 1.10 bits per heavy atom. The van der Waals surface area contributed by atoms with Gasteiger partial charge in [-0.2, -0.15) is 0 Å². The van der Waals surface area contributed by atoms with Crippen molar-refractivity contribution in [2.75, 3.05) is 0 Å². The molecule has 0 saturated heterocycles. The van der Waals surface area contributed by atoms with Crippen molar-refractivity contribution in [3.8, 4) is 0 Å². The predicted molar refractivity (Wildman–Crippen MR) is 86.6 cm³/mol. The maximum atomic E-state index is 6.26. The van der Waals surface area contributed by atoms with E-state index < -0.39 is 6.04 Å². The minimum atomic E-state index is -0.404. The smallest absolute Gasteiger partial charge is 0.134 e. The van der Waals surface area contributed by atoms with Gasteiger partial charge in [0.1, 0.15) is 17.4 Å². The minimum absolute atomic E-state index is 0.404. The van der Waals surface area contributed by atoms with Crippen molar-refractivity contribution in [2.45, 2.75) is 13.0 Å². The molecule has 2 aromatic carbocycles. The third-order valence-electron chi connectivity index (χ3n) is 3.43. The summed E-state index contributed by atoms with van der Waals surface area (Å²) in [7, 11) is 0. The standard InChI is InChI=1S/C16H14Cl2N2O/c1-9-5-6-13-10(7-9)8-14(21-13)16(20-19)15-11(17)3-2-4-12(15)18/h2-8,16,20H,19H2,1H3. The highest BCUT2D eigenvalue weighted by atomic mass is 35.5. The molecule has 3 aromatic rings. The molecule has 0 spiro atoms. The van der Waals surface area contributed by atoms with Crippen molar-refractivity contribution in [3.63, 3.8) is 0 Å². The number of hydrazine groups is 1. The number of nitrogens with two attached hydrogens (primary N) is 1. The molecule has 0 bridgehead atoms. The monoisotopic (exact) mass is 320 g/mol. The van der Waals surface area contributed by atoms with Gasteiger partial charge in [-0.1, -0.05) is 40.9 Å². The third kappa shape index (κ3) is 2.65. The Balaban J connectivity index is 2.14. The van der Waals surface area contributed by atoms with E-state index in [1.807, 2.05) is 25.1 Å². The molecule has 1 heterocycles. The van der Waals surface area contributed by atoms with Gasteiger partial charge < -0.3 is 4.42 Å². The van der Waals surface area contributed by atoms with E-state index in [1.54, 1.807) is 18.2 Å². The van der Waals surface area contributed by atoms with Gasteiger partial charge in [-0.05, 0) is 37.3 Å². The Morgan fingerprint density at radius 2 is 1.81 bits per heavy atom. The van der Waals surface area contributed by atoms with E-state index in [1.165, 1.54) is 5.56 Å². The molecule has 1 unspecified atom stereocenters. The number of halogens is 2. The first-order valence-corrected chi connectivity index (χ1v) is 7.26. The Labute approximate surface area is 132 Å². The van der Waals surface area contributed by atoms with Gasteiger partial charge in [0.25, 0.3) is 0 Å². The lowest BCUT2D eigenvalue weighted by atomic mass is 10.0. The minimum Gasteiger partial charge on any atom is -0.459 e. The summed E-state index contributed by atoms with van der Waals surface area (Å²) < 4.78 is 5.88. The lowest BCUT2D eigenvalue weighted by Crippen LogP contribution is -2.29. The van der Waals surface area contributed by atoms with Crippen LogP contribution in [0.2, 0.25) is 10.0 Å². The number of fused-ring (bicyclic) bond motifs is 1. The van der Waals surface area contributed by atoms with Gasteiger partial charge in [-0.15, -0.1) is 0 Å². The second kappa shape index (κ2) is 5.70. The van der Waals surface area contributed by atoms with Crippen molar-refractivity contribution in [2.24, 2.45) is 5.84 Å². The van der Waals surface area contributed by atoms with Crippen LogP contribution in [0.5, 0.6) is 0 Å². The van der Waals surface area contributed by atoms with Crippen LogP contribution in [0.4, 0.5) is 0 Å². The summed E-state index contributed by atoms with van der Waals surface area (Å²) in [6.07, 6.45) is 0. The SMILES string of the molecule is Cc1ccc2oc(C(NN)c3c(Cl)cccc3Cl)cc2c1. The first kappa shape index (κ1) is 14.4. The predicted octanol–water partition coefficient (Wildman–Crippen LogP) is 4.60. The molecular weight excluding hydrogens is 307 g/mol. The summed E-state index contributed by atoms with van der Waals surface area (Å²) in [5, 5.41) is 2.11. The summed E-state index contributed by atoms with van der Waals surface area (Å²) in [5.41, 5.74) is 5.41. The first-order chi connectivity index (χ1) is 10.1. The second-order valence-corrected chi connectivity index (χ2v) is 5.74. The summed E-state index contributed by atoms with van der Waals surface area (Å²) >= 11 is 12.5. The average molecular weight is 321 g/mol. The molecule has 0 aliphatic heterocycles. The van der Waals surface area contributed by atoms with E-state index in [0.29, 0.717) is 21.4 Å². The molecule has 3 nitrogen and oxygen atoms in total. The van der Waals surface area contributed by atoms with E-state index in [4.69, 9.17) is 33.5 Å². The van der Waals surface area contributed by atoms with Crippen LogP contribution in [0.3, 0.4) is 0 Å². The summed E-state index contributed by atoms with van der Waals surface area (Å²) in [6, 6.07) is 12.9. The Morgan fingerprint density at radius 3 is 2.48 bits per heavy atom. The van der Waals surface area contributed by atoms with Gasteiger partial charge in [0.2, 0.25) is 0 Å². The molecule has 21 heavy (non-hydrogen) atoms. The fraction of sp³-hybridized carbons (Fsp3) is 0.125. The Hall–Kier alpha value is -1.52. The maximum Gasteiger partial charge on any atom is 0.134 e. The zero-order chi connectivity index (χ0) is 15.0. The molecule has 0 saturated carbocycles. The molecule has 5 heteroatoms. The fourth-order valence-electron chi connectivity index (χ4n) is 2.42. The van der Waals surface area contributed by atoms with Crippen LogP contribution in [0, 0.1) is 6.92 Å². The van der Waals surface area contributed by atoms with E-state index in [2.05, 4.69) is 11.5 Å². The molecule has 3 N–H and O–H groups in total. The van der Waals surface area contributed by atoms with Crippen LogP contribution in [0.25, 0.3) is 11.0 Å². The highest BCUT2D eigenvalue weighted by Crippen LogP contribution is 2.35. The Bertz CT molecular complexity index is 778. The first-order valence-electron chi connectivity index (χ1n) is 6.50. The number of rotatable bonds is 3.